The maximum Gasteiger partial charge on any atom is 0.329 e. The number of aliphatic carboxylic acids is 1. The van der Waals surface area contributed by atoms with Gasteiger partial charge in [0.15, 0.2) is 0 Å². The summed E-state index contributed by atoms with van der Waals surface area (Å²) in [6, 6.07) is 2.77. The Balaban J connectivity index is 1.74. The van der Waals surface area contributed by atoms with Crippen LogP contribution in [0.3, 0.4) is 0 Å². The predicted octanol–water partition coefficient (Wildman–Crippen LogP) is -1.48. The van der Waals surface area contributed by atoms with E-state index in [2.05, 4.69) is 31.9 Å². The maximum atomic E-state index is 13.8. The Labute approximate surface area is 437 Å². The second kappa shape index (κ2) is 40.4. The van der Waals surface area contributed by atoms with Crippen LogP contribution in [0, 0.1) is 5.92 Å². The number of carbonyl (C=O) groups excluding carboxylic acids is 8. The topological polar surface area (TPSA) is 332 Å². The number of methoxy groups -OCH3 is 1. The molecule has 422 valence electrons. The summed E-state index contributed by atoms with van der Waals surface area (Å²) in [5, 5.41) is 24.0. The van der Waals surface area contributed by atoms with Crippen LogP contribution in [-0.2, 0) is 92.2 Å². The molecule has 0 aromatic heterocycles. The Morgan fingerprint density at radius 2 is 1.08 bits per heavy atom. The number of carbonyl (C=O) groups is 9. The van der Waals surface area contributed by atoms with Crippen LogP contribution in [0.4, 0.5) is 5.69 Å². The molecule has 75 heavy (non-hydrogen) atoms. The molecule has 0 saturated heterocycles. The van der Waals surface area contributed by atoms with Crippen LogP contribution in [0.1, 0.15) is 52.0 Å². The van der Waals surface area contributed by atoms with E-state index in [-0.39, 0.29) is 44.9 Å². The summed E-state index contributed by atoms with van der Waals surface area (Å²) >= 11 is 0. The standard InChI is InChI=1S/C49H77N7O19/c1-35(2)46(49(66)53-36(3)47(64)51-32-42(59)52-34-75-33-45(62)63)55-48(65)39(54-41(58)31-37-8-10-38(11-9-37)56-43(60)12-13-44(56)61)7-5-6-15-50-40(57)14-16-68-19-20-70-23-24-72-27-28-74-30-29-73-26-25-71-22-21-69-18-17-67-4/h8-13,35-36,39,46H,5-7,14-34H2,1-4H3,(H,50,57)(H,51,64)(H,52,59)(H,53,66)(H,54,58)(H,55,65)(H,62,63)/t36-,39-,46-/m0/s1. The van der Waals surface area contributed by atoms with Crippen LogP contribution in [0.15, 0.2) is 36.4 Å². The van der Waals surface area contributed by atoms with Crippen molar-refractivity contribution in [1.29, 1.82) is 0 Å². The third-order valence-corrected chi connectivity index (χ3v) is 10.4. The summed E-state index contributed by atoms with van der Waals surface area (Å²) in [5.41, 5.74) is 0.843. The number of anilines is 1. The molecule has 7 N–H and O–H groups in total. The SMILES string of the molecule is COCCOCCOCCOCCOCCOCCOCCOCCC(=O)NCCCC[C@H](NC(=O)Cc1ccc(N2C(=O)C=CC2=O)cc1)C(=O)N[C@H](C(=O)N[C@@H](C)C(=O)NCC(=O)NCOCC(=O)O)C(C)C. The van der Waals surface area contributed by atoms with Crippen molar-refractivity contribution in [1.82, 2.24) is 31.9 Å². The molecule has 8 amide bonds. The van der Waals surface area contributed by atoms with Gasteiger partial charge in [0.25, 0.3) is 11.8 Å². The summed E-state index contributed by atoms with van der Waals surface area (Å²) in [6.07, 6.45) is 3.18. The van der Waals surface area contributed by atoms with Crippen molar-refractivity contribution in [2.45, 2.75) is 71.0 Å². The Hall–Kier alpha value is -5.97. The first-order valence-corrected chi connectivity index (χ1v) is 24.8. The Morgan fingerprint density at radius 3 is 1.59 bits per heavy atom. The Morgan fingerprint density at radius 1 is 0.560 bits per heavy atom. The van der Waals surface area contributed by atoms with Crippen LogP contribution in [0.2, 0.25) is 0 Å². The number of benzene rings is 1. The normalized spacial score (nSPS) is 13.3. The van der Waals surface area contributed by atoms with Gasteiger partial charge in [-0.2, -0.15) is 0 Å². The largest absolute Gasteiger partial charge is 0.480 e. The molecule has 1 aliphatic rings. The number of rotatable bonds is 45. The van der Waals surface area contributed by atoms with Crippen molar-refractivity contribution in [3.05, 3.63) is 42.0 Å². The monoisotopic (exact) mass is 1070 g/mol. The van der Waals surface area contributed by atoms with E-state index in [0.717, 1.165) is 17.1 Å². The summed E-state index contributed by atoms with van der Waals surface area (Å²) in [5.74, 6) is -6.26. The maximum absolute atomic E-state index is 13.8. The average Bonchev–Trinajstić information content (AvgIpc) is 3.72. The fraction of sp³-hybridized carbons (Fsp3) is 0.653. The number of nitrogens with one attached hydrogen (secondary N) is 6. The summed E-state index contributed by atoms with van der Waals surface area (Å²) in [7, 11) is 1.62. The van der Waals surface area contributed by atoms with Crippen molar-refractivity contribution in [2.75, 3.05) is 138 Å². The fourth-order valence-corrected chi connectivity index (χ4v) is 6.45. The average molecular weight is 1070 g/mol. The van der Waals surface area contributed by atoms with Crippen LogP contribution in [-0.4, -0.2) is 209 Å². The number of hydrogen-bond acceptors (Lipinski definition) is 18. The van der Waals surface area contributed by atoms with E-state index in [4.69, 9.17) is 47.7 Å². The Kier molecular flexibility index (Phi) is 35.1. The highest BCUT2D eigenvalue weighted by molar-refractivity contribution is 6.28. The summed E-state index contributed by atoms with van der Waals surface area (Å²) in [6.45, 7) is 9.77. The van der Waals surface area contributed by atoms with E-state index >= 15 is 0 Å². The van der Waals surface area contributed by atoms with Gasteiger partial charge in [0.2, 0.25) is 35.4 Å². The zero-order valence-electron chi connectivity index (χ0n) is 43.5. The van der Waals surface area contributed by atoms with Gasteiger partial charge in [-0.3, -0.25) is 38.4 Å². The number of carboxylic acids is 1. The summed E-state index contributed by atoms with van der Waals surface area (Å²) in [4.78, 5) is 114. The lowest BCUT2D eigenvalue weighted by Gasteiger charge is -2.26. The van der Waals surface area contributed by atoms with Crippen molar-refractivity contribution >= 4 is 58.9 Å². The molecular weight excluding hydrogens is 991 g/mol. The molecule has 1 aliphatic heterocycles. The van der Waals surface area contributed by atoms with Crippen LogP contribution >= 0.6 is 0 Å². The molecule has 1 heterocycles. The second-order valence-corrected chi connectivity index (χ2v) is 16.8. The molecule has 1 aromatic carbocycles. The number of carboxylic acid groups (broad SMARTS) is 1. The zero-order chi connectivity index (χ0) is 55.1. The molecule has 26 heteroatoms. The molecule has 0 bridgehead atoms. The smallest absolute Gasteiger partial charge is 0.329 e. The summed E-state index contributed by atoms with van der Waals surface area (Å²) < 4.78 is 47.7. The molecule has 3 atom stereocenters. The highest BCUT2D eigenvalue weighted by Crippen LogP contribution is 2.20. The lowest BCUT2D eigenvalue weighted by Crippen LogP contribution is -2.58. The van der Waals surface area contributed by atoms with Gasteiger partial charge >= 0.3 is 5.97 Å². The second-order valence-electron chi connectivity index (χ2n) is 16.8. The van der Waals surface area contributed by atoms with Gasteiger partial charge in [-0.15, -0.1) is 0 Å². The van der Waals surface area contributed by atoms with Gasteiger partial charge in [0.05, 0.1) is 118 Å². The first kappa shape index (κ1) is 65.1. The molecular formula is C49H77N7O19. The minimum Gasteiger partial charge on any atom is -0.480 e. The van der Waals surface area contributed by atoms with Crippen molar-refractivity contribution < 1.29 is 90.9 Å². The minimum atomic E-state index is -1.23. The van der Waals surface area contributed by atoms with E-state index in [1.54, 1.807) is 33.1 Å². The number of ether oxygens (including phenoxy) is 9. The third kappa shape index (κ3) is 30.9. The number of nitrogens with zero attached hydrogens (tertiary/aromatic N) is 1. The number of imide groups is 1. The van der Waals surface area contributed by atoms with Gasteiger partial charge in [-0.25, -0.2) is 9.69 Å². The number of hydrogen-bond donors (Lipinski definition) is 7. The lowest BCUT2D eigenvalue weighted by molar-refractivity contribution is -0.143. The van der Waals surface area contributed by atoms with Crippen molar-refractivity contribution in [3.8, 4) is 0 Å². The van der Waals surface area contributed by atoms with Crippen LogP contribution in [0.25, 0.3) is 0 Å². The lowest BCUT2D eigenvalue weighted by atomic mass is 10.0. The molecule has 26 nitrogen and oxygen atoms in total. The molecule has 0 saturated carbocycles. The van der Waals surface area contributed by atoms with E-state index < -0.39 is 91.2 Å². The molecule has 0 spiro atoms. The highest BCUT2D eigenvalue weighted by atomic mass is 16.6. The first-order chi connectivity index (χ1) is 36.1. The van der Waals surface area contributed by atoms with Crippen molar-refractivity contribution in [3.63, 3.8) is 0 Å². The first-order valence-electron chi connectivity index (χ1n) is 24.8. The quantitative estimate of drug-likeness (QED) is 0.0222. The molecule has 0 aliphatic carbocycles. The molecule has 2 rings (SSSR count). The van der Waals surface area contributed by atoms with Crippen LogP contribution < -0.4 is 36.8 Å². The third-order valence-electron chi connectivity index (χ3n) is 10.4. The van der Waals surface area contributed by atoms with E-state index in [0.29, 0.717) is 110 Å². The molecule has 0 unspecified atom stereocenters. The van der Waals surface area contributed by atoms with Gasteiger partial charge in [-0.05, 0) is 49.8 Å². The van der Waals surface area contributed by atoms with Crippen LogP contribution in [0.5, 0.6) is 0 Å². The predicted molar refractivity (Wildman–Crippen MR) is 267 cm³/mol. The number of amides is 8. The van der Waals surface area contributed by atoms with Gasteiger partial charge in [-0.1, -0.05) is 26.0 Å². The van der Waals surface area contributed by atoms with E-state index in [1.807, 2.05) is 0 Å². The molecule has 0 radical (unpaired) electrons. The fourth-order valence-electron chi connectivity index (χ4n) is 6.45. The molecule has 0 fully saturated rings. The van der Waals surface area contributed by atoms with E-state index in [9.17, 15) is 43.2 Å². The van der Waals surface area contributed by atoms with Crippen molar-refractivity contribution in [2.24, 2.45) is 5.92 Å². The highest BCUT2D eigenvalue weighted by Gasteiger charge is 2.31. The number of unbranched alkanes of at least 4 members (excludes halogenated alkanes) is 1. The van der Waals surface area contributed by atoms with Gasteiger partial charge in [0, 0.05) is 32.2 Å². The van der Waals surface area contributed by atoms with Gasteiger partial charge in [0.1, 0.15) is 31.5 Å². The zero-order valence-corrected chi connectivity index (χ0v) is 43.5. The Bertz CT molecular complexity index is 1900. The minimum absolute atomic E-state index is 0.108. The van der Waals surface area contributed by atoms with E-state index in [1.165, 1.54) is 19.1 Å². The molecule has 1 aromatic rings. The van der Waals surface area contributed by atoms with Gasteiger partial charge < -0.3 is 79.6 Å².